The van der Waals surface area contributed by atoms with E-state index in [1.807, 2.05) is 70.3 Å². The molecule has 4 aromatic heterocycles. The predicted octanol–water partition coefficient (Wildman–Crippen LogP) is 6.54. The van der Waals surface area contributed by atoms with Gasteiger partial charge in [-0.25, -0.2) is 14.8 Å². The maximum absolute atomic E-state index is 13.8. The molecule has 65 heavy (non-hydrogen) atoms. The van der Waals surface area contributed by atoms with Gasteiger partial charge in [-0.2, -0.15) is 0 Å². The molecular weight excluding hydrogens is 829 g/mol. The van der Waals surface area contributed by atoms with Crippen molar-refractivity contribution in [3.05, 3.63) is 96.1 Å². The molecule has 3 aliphatic heterocycles. The summed E-state index contributed by atoms with van der Waals surface area (Å²) in [5.41, 5.74) is 7.92. The van der Waals surface area contributed by atoms with Crippen LogP contribution in [0, 0.1) is 11.8 Å². The lowest BCUT2D eigenvalue weighted by molar-refractivity contribution is -0.140. The number of aldehydes is 1. The van der Waals surface area contributed by atoms with Crippen molar-refractivity contribution >= 4 is 41.0 Å². The minimum atomic E-state index is -0.831. The lowest BCUT2D eigenvalue weighted by Gasteiger charge is -2.30. The van der Waals surface area contributed by atoms with Crippen LogP contribution in [0.4, 0.5) is 4.79 Å². The molecule has 2 saturated heterocycles. The Morgan fingerprint density at radius 1 is 0.800 bits per heavy atom. The van der Waals surface area contributed by atoms with Crippen molar-refractivity contribution in [2.45, 2.75) is 83.6 Å². The van der Waals surface area contributed by atoms with E-state index in [-0.39, 0.29) is 42.0 Å². The van der Waals surface area contributed by atoms with Crippen LogP contribution in [0.3, 0.4) is 0 Å². The zero-order chi connectivity index (χ0) is 45.5. The predicted molar refractivity (Wildman–Crippen MR) is 240 cm³/mol. The number of imidazole rings is 2. The maximum Gasteiger partial charge on any atom is 0.407 e. The molecule has 0 radical (unpaired) electrons. The molecule has 0 bridgehead atoms. The number of aromatic amines is 3. The van der Waals surface area contributed by atoms with E-state index >= 15 is 0 Å². The van der Waals surface area contributed by atoms with Gasteiger partial charge in [-0.3, -0.25) is 24.2 Å². The number of likely N-dealkylation sites (tertiary alicyclic amines) is 2. The first kappa shape index (κ1) is 43.0. The standard InChI is InChI=1S/C48H52N10O7/c1-25(2)40(55-38(60)24-59)46(61)57-17-7-10-35(57)45-51-23-34(54-45)28-12-14-30-37(20-28)65-43(29-9-6-16-49-21-29)39-31-19-27(13-15-32(31)52-42(30)39)33-22-50-44(53-33)36-11-8-18-58(36)47(62)41(26(3)4)56-48(63)64-5/h6,9,12-16,19-26,35-36,40-41,43,52H,7-8,10-11,17-18H2,1-5H3,(H,50,53)(H,51,54)(H,55,60)(H,56,63). The number of alkyl carbamates (subject to hydrolysis) is 1. The van der Waals surface area contributed by atoms with E-state index in [0.29, 0.717) is 36.9 Å². The highest BCUT2D eigenvalue weighted by Gasteiger charge is 2.39. The van der Waals surface area contributed by atoms with E-state index in [9.17, 15) is 24.0 Å². The molecule has 5 atom stereocenters. The number of pyridine rings is 1. The monoisotopic (exact) mass is 880 g/mol. The number of benzene rings is 2. The smallest absolute Gasteiger partial charge is 0.407 e. The fourth-order valence-corrected chi connectivity index (χ4v) is 9.50. The highest BCUT2D eigenvalue weighted by Crippen LogP contribution is 2.49. The van der Waals surface area contributed by atoms with E-state index in [1.165, 1.54) is 7.11 Å². The van der Waals surface area contributed by atoms with E-state index < -0.39 is 30.2 Å². The third kappa shape index (κ3) is 8.10. The molecule has 17 heteroatoms. The molecule has 4 amide bonds. The lowest BCUT2D eigenvalue weighted by Crippen LogP contribution is -2.51. The van der Waals surface area contributed by atoms with E-state index in [1.54, 1.807) is 28.4 Å². The third-order valence-electron chi connectivity index (χ3n) is 12.8. The van der Waals surface area contributed by atoms with Gasteiger partial charge in [0.25, 0.3) is 5.91 Å². The molecular formula is C48H52N10O7. The number of methoxy groups -OCH3 is 1. The summed E-state index contributed by atoms with van der Waals surface area (Å²) >= 11 is 0. The molecule has 0 spiro atoms. The largest absolute Gasteiger partial charge is 0.480 e. The molecule has 3 aliphatic rings. The first-order valence-electron chi connectivity index (χ1n) is 22.1. The molecule has 336 valence electrons. The van der Waals surface area contributed by atoms with Crippen LogP contribution in [0.2, 0.25) is 0 Å². The Kier molecular flexibility index (Phi) is 11.7. The summed E-state index contributed by atoms with van der Waals surface area (Å²) in [6, 6.07) is 14.0. The average Bonchev–Trinajstić information content (AvgIpc) is 4.18. The first-order valence-corrected chi connectivity index (χ1v) is 22.1. The van der Waals surface area contributed by atoms with Crippen molar-refractivity contribution in [3.8, 4) is 39.5 Å². The number of rotatable bonds is 12. The second kappa shape index (κ2) is 17.7. The SMILES string of the molecule is COC(=O)NC(C(=O)N1CCCC1c1ncc(-c2ccc3[nH]c4c(c3c2)C(c2cccnc2)Oc2cc(-c3cnc(C5CCCN5C(=O)C(NC(=O)C=O)C(C)C)[nH]3)ccc2-4)[nH]1)C(C)C. The van der Waals surface area contributed by atoms with Crippen LogP contribution in [0.25, 0.3) is 44.7 Å². The Morgan fingerprint density at radius 2 is 1.42 bits per heavy atom. The first-order chi connectivity index (χ1) is 31.4. The third-order valence-corrected chi connectivity index (χ3v) is 12.8. The van der Waals surface area contributed by atoms with Crippen molar-refractivity contribution in [1.82, 2.24) is 50.3 Å². The highest BCUT2D eigenvalue weighted by atomic mass is 16.5. The number of amides is 4. The van der Waals surface area contributed by atoms with Gasteiger partial charge in [0.05, 0.1) is 48.7 Å². The van der Waals surface area contributed by atoms with Crippen molar-refractivity contribution < 1.29 is 33.4 Å². The van der Waals surface area contributed by atoms with Crippen molar-refractivity contribution in [1.29, 1.82) is 0 Å². The number of nitrogens with one attached hydrogen (secondary N) is 5. The van der Waals surface area contributed by atoms with Crippen molar-refractivity contribution in [2.75, 3.05) is 20.2 Å². The van der Waals surface area contributed by atoms with Crippen molar-refractivity contribution in [2.24, 2.45) is 11.8 Å². The number of aromatic nitrogens is 6. The number of hydrogen-bond donors (Lipinski definition) is 5. The zero-order valence-electron chi connectivity index (χ0n) is 36.9. The van der Waals surface area contributed by atoms with Gasteiger partial charge >= 0.3 is 6.09 Å². The molecule has 0 aliphatic carbocycles. The van der Waals surface area contributed by atoms with E-state index in [0.717, 1.165) is 75.1 Å². The zero-order valence-corrected chi connectivity index (χ0v) is 36.9. The highest BCUT2D eigenvalue weighted by molar-refractivity contribution is 6.24. The number of nitrogens with zero attached hydrogens (tertiary/aromatic N) is 5. The fourth-order valence-electron chi connectivity index (χ4n) is 9.50. The second-order valence-electron chi connectivity index (χ2n) is 17.6. The topological polar surface area (TPSA) is 220 Å². The molecule has 2 aromatic carbocycles. The molecule has 7 heterocycles. The summed E-state index contributed by atoms with van der Waals surface area (Å²) in [5, 5.41) is 6.25. The Labute approximate surface area is 375 Å². The molecule has 2 fully saturated rings. The summed E-state index contributed by atoms with van der Waals surface area (Å²) in [6.07, 6.45) is 9.19. The molecule has 17 nitrogen and oxygen atoms in total. The van der Waals surface area contributed by atoms with Gasteiger partial charge in [-0.15, -0.1) is 0 Å². The van der Waals surface area contributed by atoms with Gasteiger partial charge in [0.15, 0.2) is 6.10 Å². The van der Waals surface area contributed by atoms with Crippen molar-refractivity contribution in [3.63, 3.8) is 0 Å². The molecule has 0 saturated carbocycles. The number of carbonyl (C=O) groups is 5. The normalized spacial score (nSPS) is 18.8. The average molecular weight is 881 g/mol. The molecule has 5 unspecified atom stereocenters. The Bertz CT molecular complexity index is 2780. The summed E-state index contributed by atoms with van der Waals surface area (Å²) < 4.78 is 11.7. The van der Waals surface area contributed by atoms with Gasteiger partial charge in [-0.05, 0) is 67.9 Å². The number of carbonyl (C=O) groups excluding carboxylic acids is 5. The van der Waals surface area contributed by atoms with Gasteiger partial charge in [0, 0.05) is 64.2 Å². The van der Waals surface area contributed by atoms with Crippen LogP contribution in [0.5, 0.6) is 5.75 Å². The summed E-state index contributed by atoms with van der Waals surface area (Å²) in [6.45, 7) is 8.53. The Balaban J connectivity index is 1.01. The molecule has 9 rings (SSSR count). The van der Waals surface area contributed by atoms with Gasteiger partial charge in [0.1, 0.15) is 29.5 Å². The minimum absolute atomic E-state index is 0.140. The van der Waals surface area contributed by atoms with Crippen LogP contribution < -0.4 is 15.4 Å². The van der Waals surface area contributed by atoms with Gasteiger partial charge in [0.2, 0.25) is 18.1 Å². The number of fused-ring (bicyclic) bond motifs is 5. The molecule has 6 aromatic rings. The Morgan fingerprint density at radius 3 is 2.00 bits per heavy atom. The maximum atomic E-state index is 13.8. The van der Waals surface area contributed by atoms with E-state index in [4.69, 9.17) is 19.4 Å². The number of ether oxygens (including phenoxy) is 2. The second-order valence-corrected chi connectivity index (χ2v) is 17.6. The fraction of sp³-hybridized carbons (Fsp3) is 0.375. The quantitative estimate of drug-likeness (QED) is 0.0660. The van der Waals surface area contributed by atoms with Crippen LogP contribution in [0.15, 0.2) is 73.3 Å². The molecule has 5 N–H and O–H groups in total. The summed E-state index contributed by atoms with van der Waals surface area (Å²) in [7, 11) is 1.28. The van der Waals surface area contributed by atoms with Crippen LogP contribution in [-0.2, 0) is 23.9 Å². The summed E-state index contributed by atoms with van der Waals surface area (Å²) in [4.78, 5) is 90.8. The minimum Gasteiger partial charge on any atom is -0.480 e. The Hall–Kier alpha value is -7.30. The lowest BCUT2D eigenvalue weighted by atomic mass is 9.92. The summed E-state index contributed by atoms with van der Waals surface area (Å²) in [5.74, 6) is 0.408. The van der Waals surface area contributed by atoms with Crippen LogP contribution in [-0.4, -0.2) is 102 Å². The van der Waals surface area contributed by atoms with E-state index in [2.05, 4.69) is 42.7 Å². The number of H-pyrrole nitrogens is 3. The van der Waals surface area contributed by atoms with Crippen LogP contribution in [0.1, 0.15) is 94.3 Å². The number of hydrogen-bond acceptors (Lipinski definition) is 10. The van der Waals surface area contributed by atoms with Gasteiger partial charge in [-0.1, -0.05) is 45.9 Å². The van der Waals surface area contributed by atoms with Crippen LogP contribution >= 0.6 is 0 Å². The van der Waals surface area contributed by atoms with Gasteiger partial charge < -0.3 is 44.9 Å².